The van der Waals surface area contributed by atoms with E-state index in [4.69, 9.17) is 5.73 Å². The highest BCUT2D eigenvalue weighted by Crippen LogP contribution is 2.15. The second kappa shape index (κ2) is 6.46. The van der Waals surface area contributed by atoms with Gasteiger partial charge in [0.15, 0.2) is 0 Å². The molecule has 1 saturated heterocycles. The number of hydrogen-bond acceptors (Lipinski definition) is 3. The Morgan fingerprint density at radius 3 is 2.80 bits per heavy atom. The zero-order chi connectivity index (χ0) is 11.3. The van der Waals surface area contributed by atoms with Crippen LogP contribution in [0.3, 0.4) is 0 Å². The number of hydrogen-bond donors (Lipinski definition) is 1. The van der Waals surface area contributed by atoms with Gasteiger partial charge in [-0.25, -0.2) is 0 Å². The molecule has 15 heavy (non-hydrogen) atoms. The summed E-state index contributed by atoms with van der Waals surface area (Å²) in [6.45, 7) is 5.77. The standard InChI is InChI=1S/C12H27N3/c1-11(13)6-4-8-14(2)10-12-7-5-9-15(12)3/h11-12H,4-10,13H2,1-3H3. The van der Waals surface area contributed by atoms with Crippen molar-refractivity contribution >= 4 is 0 Å². The molecule has 1 heterocycles. The second-order valence-electron chi connectivity index (χ2n) is 5.16. The molecule has 1 aliphatic rings. The zero-order valence-corrected chi connectivity index (χ0v) is 10.6. The first-order valence-electron chi connectivity index (χ1n) is 6.24. The number of likely N-dealkylation sites (N-methyl/N-ethyl adjacent to an activating group) is 2. The molecule has 0 spiro atoms. The molecule has 1 rings (SSSR count). The Bertz CT molecular complexity index is 170. The van der Waals surface area contributed by atoms with Gasteiger partial charge in [-0.15, -0.1) is 0 Å². The maximum Gasteiger partial charge on any atom is 0.0220 e. The van der Waals surface area contributed by atoms with Gasteiger partial charge in [0.05, 0.1) is 0 Å². The summed E-state index contributed by atoms with van der Waals surface area (Å²) >= 11 is 0. The molecule has 2 atom stereocenters. The van der Waals surface area contributed by atoms with Crippen LogP contribution in [0.4, 0.5) is 0 Å². The van der Waals surface area contributed by atoms with E-state index in [9.17, 15) is 0 Å². The first-order valence-corrected chi connectivity index (χ1v) is 6.24. The quantitative estimate of drug-likeness (QED) is 0.718. The molecule has 1 aliphatic heterocycles. The van der Waals surface area contributed by atoms with E-state index in [0.29, 0.717) is 6.04 Å². The molecule has 0 radical (unpaired) electrons. The van der Waals surface area contributed by atoms with Gasteiger partial charge >= 0.3 is 0 Å². The maximum absolute atomic E-state index is 5.74. The Kier molecular flexibility index (Phi) is 5.58. The minimum Gasteiger partial charge on any atom is -0.328 e. The fraction of sp³-hybridized carbons (Fsp3) is 1.00. The molecular formula is C12H27N3. The lowest BCUT2D eigenvalue weighted by Gasteiger charge is -2.25. The van der Waals surface area contributed by atoms with Crippen molar-refractivity contribution in [3.63, 3.8) is 0 Å². The molecule has 0 saturated carbocycles. The van der Waals surface area contributed by atoms with Crippen LogP contribution in [0.1, 0.15) is 32.6 Å². The summed E-state index contributed by atoms with van der Waals surface area (Å²) in [4.78, 5) is 4.94. The first-order chi connectivity index (χ1) is 7.09. The SMILES string of the molecule is CC(N)CCCN(C)CC1CCCN1C. The largest absolute Gasteiger partial charge is 0.328 e. The van der Waals surface area contributed by atoms with Crippen molar-refractivity contribution in [2.45, 2.75) is 44.7 Å². The summed E-state index contributed by atoms with van der Waals surface area (Å²) in [5, 5.41) is 0. The molecule has 0 bridgehead atoms. The van der Waals surface area contributed by atoms with E-state index in [0.717, 1.165) is 12.5 Å². The highest BCUT2D eigenvalue weighted by atomic mass is 15.2. The van der Waals surface area contributed by atoms with Gasteiger partial charge < -0.3 is 15.5 Å². The average molecular weight is 213 g/mol. The van der Waals surface area contributed by atoms with Gasteiger partial charge in [-0.3, -0.25) is 0 Å². The molecule has 1 fully saturated rings. The van der Waals surface area contributed by atoms with Crippen LogP contribution in [0, 0.1) is 0 Å². The number of rotatable bonds is 6. The summed E-state index contributed by atoms with van der Waals surface area (Å²) < 4.78 is 0. The second-order valence-corrected chi connectivity index (χ2v) is 5.16. The molecule has 90 valence electrons. The van der Waals surface area contributed by atoms with E-state index in [-0.39, 0.29) is 0 Å². The minimum atomic E-state index is 0.354. The Morgan fingerprint density at radius 1 is 1.53 bits per heavy atom. The monoisotopic (exact) mass is 213 g/mol. The predicted molar refractivity (Wildman–Crippen MR) is 66.0 cm³/mol. The third-order valence-corrected chi connectivity index (χ3v) is 3.39. The molecule has 0 aromatic heterocycles. The van der Waals surface area contributed by atoms with Crippen molar-refractivity contribution in [1.29, 1.82) is 0 Å². The smallest absolute Gasteiger partial charge is 0.0220 e. The van der Waals surface area contributed by atoms with Crippen LogP contribution in [0.25, 0.3) is 0 Å². The lowest BCUT2D eigenvalue weighted by Crippen LogP contribution is -2.37. The van der Waals surface area contributed by atoms with Crippen LogP contribution in [-0.2, 0) is 0 Å². The Balaban J connectivity index is 2.09. The normalized spacial score (nSPS) is 25.0. The van der Waals surface area contributed by atoms with E-state index >= 15 is 0 Å². The van der Waals surface area contributed by atoms with Gasteiger partial charge in [0.25, 0.3) is 0 Å². The molecule has 0 amide bonds. The van der Waals surface area contributed by atoms with E-state index in [1.165, 1.54) is 38.9 Å². The molecule has 2 N–H and O–H groups in total. The van der Waals surface area contributed by atoms with Gasteiger partial charge in [0.2, 0.25) is 0 Å². The molecule has 3 nitrogen and oxygen atoms in total. The molecule has 0 aromatic rings. The van der Waals surface area contributed by atoms with Crippen LogP contribution in [0.5, 0.6) is 0 Å². The van der Waals surface area contributed by atoms with Crippen molar-refractivity contribution in [2.75, 3.05) is 33.7 Å². The van der Waals surface area contributed by atoms with Crippen molar-refractivity contribution in [1.82, 2.24) is 9.80 Å². The molecule has 0 aliphatic carbocycles. The van der Waals surface area contributed by atoms with Crippen molar-refractivity contribution in [3.8, 4) is 0 Å². The van der Waals surface area contributed by atoms with E-state index < -0.39 is 0 Å². The van der Waals surface area contributed by atoms with Crippen molar-refractivity contribution in [3.05, 3.63) is 0 Å². The maximum atomic E-state index is 5.74. The van der Waals surface area contributed by atoms with Crippen LogP contribution in [0.15, 0.2) is 0 Å². The highest BCUT2D eigenvalue weighted by Gasteiger charge is 2.21. The summed E-state index contributed by atoms with van der Waals surface area (Å²) in [6.07, 6.45) is 5.11. The van der Waals surface area contributed by atoms with Crippen LogP contribution >= 0.6 is 0 Å². The molecule has 3 heteroatoms. The third kappa shape index (κ3) is 4.96. The van der Waals surface area contributed by atoms with Gasteiger partial charge in [-0.1, -0.05) is 0 Å². The van der Waals surface area contributed by atoms with Crippen LogP contribution in [-0.4, -0.2) is 55.6 Å². The van der Waals surface area contributed by atoms with E-state index in [1.54, 1.807) is 0 Å². The molecule has 2 unspecified atom stereocenters. The summed E-state index contributed by atoms with van der Waals surface area (Å²) in [5.74, 6) is 0. The topological polar surface area (TPSA) is 32.5 Å². The third-order valence-electron chi connectivity index (χ3n) is 3.39. The minimum absolute atomic E-state index is 0.354. The predicted octanol–water partition coefficient (Wildman–Crippen LogP) is 1.14. The lowest BCUT2D eigenvalue weighted by atomic mass is 10.1. The Morgan fingerprint density at radius 2 is 2.27 bits per heavy atom. The zero-order valence-electron chi connectivity index (χ0n) is 10.6. The van der Waals surface area contributed by atoms with E-state index in [2.05, 4.69) is 30.8 Å². The van der Waals surface area contributed by atoms with Crippen LogP contribution in [0.2, 0.25) is 0 Å². The van der Waals surface area contributed by atoms with Gasteiger partial charge in [-0.05, 0) is 59.8 Å². The molecular weight excluding hydrogens is 186 g/mol. The van der Waals surface area contributed by atoms with E-state index in [1.807, 2.05) is 0 Å². The summed E-state index contributed by atoms with van der Waals surface area (Å²) in [6, 6.07) is 1.14. The number of nitrogens with zero attached hydrogens (tertiary/aromatic N) is 2. The van der Waals surface area contributed by atoms with Gasteiger partial charge in [0, 0.05) is 18.6 Å². The van der Waals surface area contributed by atoms with Gasteiger partial charge in [0.1, 0.15) is 0 Å². The fourth-order valence-electron chi connectivity index (χ4n) is 2.34. The fourth-order valence-corrected chi connectivity index (χ4v) is 2.34. The van der Waals surface area contributed by atoms with Gasteiger partial charge in [-0.2, -0.15) is 0 Å². The van der Waals surface area contributed by atoms with Crippen LogP contribution < -0.4 is 5.73 Å². The first kappa shape index (κ1) is 12.9. The number of likely N-dealkylation sites (tertiary alicyclic amines) is 1. The highest BCUT2D eigenvalue weighted by molar-refractivity contribution is 4.78. The summed E-state index contributed by atoms with van der Waals surface area (Å²) in [7, 11) is 4.47. The number of nitrogens with two attached hydrogens (primary N) is 1. The lowest BCUT2D eigenvalue weighted by molar-refractivity contribution is 0.217. The summed E-state index contributed by atoms with van der Waals surface area (Å²) in [5.41, 5.74) is 5.74. The Hall–Kier alpha value is -0.120. The van der Waals surface area contributed by atoms with Crippen molar-refractivity contribution in [2.24, 2.45) is 5.73 Å². The Labute approximate surface area is 94.6 Å². The molecule has 0 aromatic carbocycles. The van der Waals surface area contributed by atoms with Crippen molar-refractivity contribution < 1.29 is 0 Å². The average Bonchev–Trinajstić information content (AvgIpc) is 2.51.